The lowest BCUT2D eigenvalue weighted by atomic mass is 10.3. The first-order valence-electron chi connectivity index (χ1n) is 4.81. The van der Waals surface area contributed by atoms with Crippen LogP contribution in [-0.4, -0.2) is 24.4 Å². The number of hydrogen-bond acceptors (Lipinski definition) is 3. The highest BCUT2D eigenvalue weighted by atomic mass is 16.3. The summed E-state index contributed by atoms with van der Waals surface area (Å²) in [5, 5.41) is 13.3. The van der Waals surface area contributed by atoms with Crippen molar-refractivity contribution in [1.29, 1.82) is 0 Å². The molecule has 0 bridgehead atoms. The zero-order valence-electron chi connectivity index (χ0n) is 8.88. The van der Waals surface area contributed by atoms with Crippen LogP contribution in [0.15, 0.2) is 18.5 Å². The van der Waals surface area contributed by atoms with Crippen LogP contribution in [0.5, 0.6) is 0 Å². The lowest BCUT2D eigenvalue weighted by molar-refractivity contribution is 0.266. The second-order valence-electron chi connectivity index (χ2n) is 3.53. The largest absolute Gasteiger partial charge is 0.388 e. The fraction of sp³-hybridized carbons (Fsp3) is 0.400. The SMILES string of the molecule is Cc1cc(Cn2ccnc2CO)n(C)n1. The van der Waals surface area contributed by atoms with Gasteiger partial charge in [0.2, 0.25) is 0 Å². The van der Waals surface area contributed by atoms with Crippen LogP contribution in [0.2, 0.25) is 0 Å². The van der Waals surface area contributed by atoms with Crippen LogP contribution in [-0.2, 0) is 20.2 Å². The molecule has 0 aliphatic heterocycles. The topological polar surface area (TPSA) is 55.9 Å². The predicted molar refractivity (Wildman–Crippen MR) is 55.2 cm³/mol. The molecule has 80 valence electrons. The Kier molecular flexibility index (Phi) is 2.55. The Morgan fingerprint density at radius 3 is 2.87 bits per heavy atom. The monoisotopic (exact) mass is 206 g/mol. The molecule has 0 saturated heterocycles. The minimum Gasteiger partial charge on any atom is -0.388 e. The Morgan fingerprint density at radius 1 is 1.47 bits per heavy atom. The molecule has 0 atom stereocenters. The standard InChI is InChI=1S/C10H14N4O/c1-8-5-9(13(2)12-8)6-14-4-3-11-10(14)7-15/h3-5,15H,6-7H2,1-2H3. The Balaban J connectivity index is 2.25. The maximum absolute atomic E-state index is 9.05. The molecule has 0 aromatic carbocycles. The molecule has 15 heavy (non-hydrogen) atoms. The number of aryl methyl sites for hydroxylation is 2. The van der Waals surface area contributed by atoms with Gasteiger partial charge in [0.15, 0.2) is 0 Å². The van der Waals surface area contributed by atoms with Gasteiger partial charge in [-0.3, -0.25) is 4.68 Å². The minimum absolute atomic E-state index is 0.0379. The summed E-state index contributed by atoms with van der Waals surface area (Å²) in [5.41, 5.74) is 2.10. The first-order chi connectivity index (χ1) is 7.20. The molecule has 0 saturated carbocycles. The van der Waals surface area contributed by atoms with E-state index in [1.165, 1.54) is 0 Å². The fourth-order valence-corrected chi connectivity index (χ4v) is 1.62. The summed E-state index contributed by atoms with van der Waals surface area (Å²) in [6.45, 7) is 2.61. The van der Waals surface area contributed by atoms with Crippen molar-refractivity contribution in [3.8, 4) is 0 Å². The third-order valence-corrected chi connectivity index (χ3v) is 2.37. The second-order valence-corrected chi connectivity index (χ2v) is 3.53. The predicted octanol–water partition coefficient (Wildman–Crippen LogP) is 0.466. The Bertz CT molecular complexity index is 458. The van der Waals surface area contributed by atoms with Crippen molar-refractivity contribution in [2.24, 2.45) is 7.05 Å². The van der Waals surface area contributed by atoms with Gasteiger partial charge in [-0.1, -0.05) is 0 Å². The highest BCUT2D eigenvalue weighted by Gasteiger charge is 2.05. The summed E-state index contributed by atoms with van der Waals surface area (Å²) in [4.78, 5) is 4.05. The van der Waals surface area contributed by atoms with Crippen LogP contribution >= 0.6 is 0 Å². The number of aliphatic hydroxyl groups is 1. The number of nitrogens with zero attached hydrogens (tertiary/aromatic N) is 4. The normalized spacial score (nSPS) is 10.9. The molecule has 0 fully saturated rings. The van der Waals surface area contributed by atoms with E-state index in [0.29, 0.717) is 12.4 Å². The van der Waals surface area contributed by atoms with Crippen LogP contribution < -0.4 is 0 Å². The van der Waals surface area contributed by atoms with Gasteiger partial charge in [0.25, 0.3) is 0 Å². The van der Waals surface area contributed by atoms with Crippen molar-refractivity contribution < 1.29 is 5.11 Å². The van der Waals surface area contributed by atoms with Crippen LogP contribution in [0.25, 0.3) is 0 Å². The van der Waals surface area contributed by atoms with Crippen LogP contribution in [0, 0.1) is 6.92 Å². The molecule has 2 aromatic rings. The Hall–Kier alpha value is -1.62. The van der Waals surface area contributed by atoms with E-state index in [1.54, 1.807) is 6.20 Å². The molecule has 5 heteroatoms. The van der Waals surface area contributed by atoms with Crippen molar-refractivity contribution in [2.75, 3.05) is 0 Å². The van der Waals surface area contributed by atoms with Crippen LogP contribution in [0.4, 0.5) is 0 Å². The molecule has 5 nitrogen and oxygen atoms in total. The summed E-state index contributed by atoms with van der Waals surface area (Å²) in [6, 6.07) is 2.03. The molecule has 2 aromatic heterocycles. The fourth-order valence-electron chi connectivity index (χ4n) is 1.62. The van der Waals surface area contributed by atoms with Gasteiger partial charge in [-0.05, 0) is 13.0 Å². The molecule has 0 aliphatic carbocycles. The quantitative estimate of drug-likeness (QED) is 0.794. The van der Waals surface area contributed by atoms with Gasteiger partial charge >= 0.3 is 0 Å². The molecule has 1 N–H and O–H groups in total. The molecular formula is C10H14N4O. The number of imidazole rings is 1. The van der Waals surface area contributed by atoms with Crippen molar-refractivity contribution >= 4 is 0 Å². The van der Waals surface area contributed by atoms with E-state index < -0.39 is 0 Å². The zero-order valence-corrected chi connectivity index (χ0v) is 8.88. The van der Waals surface area contributed by atoms with Gasteiger partial charge in [0, 0.05) is 19.4 Å². The molecule has 0 spiro atoms. The first-order valence-corrected chi connectivity index (χ1v) is 4.81. The summed E-state index contributed by atoms with van der Waals surface area (Å²) in [7, 11) is 1.91. The van der Waals surface area contributed by atoms with Crippen molar-refractivity contribution in [3.63, 3.8) is 0 Å². The maximum atomic E-state index is 9.05. The lowest BCUT2D eigenvalue weighted by Crippen LogP contribution is -2.08. The van der Waals surface area contributed by atoms with Crippen molar-refractivity contribution in [2.45, 2.75) is 20.1 Å². The molecule has 2 heterocycles. The van der Waals surface area contributed by atoms with Gasteiger partial charge in [0.1, 0.15) is 12.4 Å². The molecule has 0 amide bonds. The van der Waals surface area contributed by atoms with Gasteiger partial charge in [-0.15, -0.1) is 0 Å². The highest BCUT2D eigenvalue weighted by Crippen LogP contribution is 2.06. The summed E-state index contributed by atoms with van der Waals surface area (Å²) < 4.78 is 3.76. The van der Waals surface area contributed by atoms with Gasteiger partial charge in [0.05, 0.1) is 17.9 Å². The van der Waals surface area contributed by atoms with E-state index in [9.17, 15) is 0 Å². The van der Waals surface area contributed by atoms with Crippen LogP contribution in [0.1, 0.15) is 17.2 Å². The molecule has 2 rings (SSSR count). The van der Waals surface area contributed by atoms with Gasteiger partial charge in [-0.25, -0.2) is 4.98 Å². The highest BCUT2D eigenvalue weighted by molar-refractivity contribution is 5.10. The first kappa shape index (κ1) is 9.92. The Morgan fingerprint density at radius 2 is 2.27 bits per heavy atom. The number of hydrogen-bond donors (Lipinski definition) is 1. The molecule has 0 unspecified atom stereocenters. The molecule has 0 radical (unpaired) electrons. The average Bonchev–Trinajstić information content (AvgIpc) is 2.74. The number of aliphatic hydroxyl groups excluding tert-OH is 1. The lowest BCUT2D eigenvalue weighted by Gasteiger charge is -2.05. The van der Waals surface area contributed by atoms with E-state index in [0.717, 1.165) is 11.4 Å². The third kappa shape index (κ3) is 1.92. The second kappa shape index (κ2) is 3.86. The number of aromatic nitrogens is 4. The summed E-state index contributed by atoms with van der Waals surface area (Å²) >= 11 is 0. The van der Waals surface area contributed by atoms with E-state index in [-0.39, 0.29) is 6.61 Å². The van der Waals surface area contributed by atoms with E-state index in [4.69, 9.17) is 5.11 Å². The van der Waals surface area contributed by atoms with E-state index in [1.807, 2.05) is 35.5 Å². The van der Waals surface area contributed by atoms with Crippen molar-refractivity contribution in [1.82, 2.24) is 19.3 Å². The third-order valence-electron chi connectivity index (χ3n) is 2.37. The van der Waals surface area contributed by atoms with Crippen LogP contribution in [0.3, 0.4) is 0 Å². The minimum atomic E-state index is -0.0379. The van der Waals surface area contributed by atoms with E-state index >= 15 is 0 Å². The molecule has 0 aliphatic rings. The van der Waals surface area contributed by atoms with Crippen molar-refractivity contribution in [3.05, 3.63) is 35.7 Å². The Labute approximate surface area is 88.0 Å². The van der Waals surface area contributed by atoms with Gasteiger partial charge < -0.3 is 9.67 Å². The zero-order chi connectivity index (χ0) is 10.8. The smallest absolute Gasteiger partial charge is 0.134 e. The summed E-state index contributed by atoms with van der Waals surface area (Å²) in [6.07, 6.45) is 3.54. The molecular weight excluding hydrogens is 192 g/mol. The average molecular weight is 206 g/mol. The number of rotatable bonds is 3. The van der Waals surface area contributed by atoms with E-state index in [2.05, 4.69) is 10.1 Å². The maximum Gasteiger partial charge on any atom is 0.134 e. The summed E-state index contributed by atoms with van der Waals surface area (Å²) in [5.74, 6) is 0.675. The van der Waals surface area contributed by atoms with Gasteiger partial charge in [-0.2, -0.15) is 5.10 Å².